The molecule has 2 amide bonds. The Hall–Kier alpha value is -2.90. The number of amides is 2. The largest absolute Gasteiger partial charge is 0.481 e. The van der Waals surface area contributed by atoms with Gasteiger partial charge >= 0.3 is 18.0 Å². The molecule has 8 nitrogen and oxygen atoms in total. The molecule has 2 aromatic rings. The number of carbonyl (C=O) groups is 2. The van der Waals surface area contributed by atoms with Gasteiger partial charge in [0.2, 0.25) is 0 Å². The number of carboxylic acids is 1. The SMILES string of the molecule is CCc1noc(NC(=O)NC(CCC(=O)O)Cc2ccccc2)n1. The van der Waals surface area contributed by atoms with Crippen molar-refractivity contribution in [2.45, 2.75) is 38.6 Å². The summed E-state index contributed by atoms with van der Waals surface area (Å²) in [5.74, 6) is -0.406. The average Bonchev–Trinajstić information content (AvgIpc) is 3.01. The molecule has 1 heterocycles. The van der Waals surface area contributed by atoms with Crippen molar-refractivity contribution in [2.75, 3.05) is 5.32 Å². The van der Waals surface area contributed by atoms with E-state index in [9.17, 15) is 9.59 Å². The molecule has 0 radical (unpaired) electrons. The lowest BCUT2D eigenvalue weighted by atomic mass is 10.0. The molecule has 24 heavy (non-hydrogen) atoms. The van der Waals surface area contributed by atoms with Crippen LogP contribution in [-0.4, -0.2) is 33.3 Å². The van der Waals surface area contributed by atoms with Crippen LogP contribution in [0.4, 0.5) is 10.8 Å². The summed E-state index contributed by atoms with van der Waals surface area (Å²) in [5.41, 5.74) is 1.01. The Bertz CT molecular complexity index is 672. The van der Waals surface area contributed by atoms with Gasteiger partial charge in [-0.05, 0) is 18.4 Å². The summed E-state index contributed by atoms with van der Waals surface area (Å²) in [5, 5.41) is 17.8. The summed E-state index contributed by atoms with van der Waals surface area (Å²) in [6.07, 6.45) is 1.42. The average molecular weight is 332 g/mol. The third-order valence-electron chi connectivity index (χ3n) is 3.37. The van der Waals surface area contributed by atoms with E-state index in [-0.39, 0.29) is 18.5 Å². The number of carbonyl (C=O) groups excluding carboxylic acids is 1. The van der Waals surface area contributed by atoms with Crippen LogP contribution in [0, 0.1) is 0 Å². The number of aromatic nitrogens is 2. The van der Waals surface area contributed by atoms with Crippen LogP contribution in [0.1, 0.15) is 31.2 Å². The van der Waals surface area contributed by atoms with Crippen LogP contribution in [0.5, 0.6) is 0 Å². The molecule has 0 spiro atoms. The predicted octanol–water partition coefficient (Wildman–Crippen LogP) is 2.23. The van der Waals surface area contributed by atoms with E-state index in [1.54, 1.807) is 0 Å². The summed E-state index contributed by atoms with van der Waals surface area (Å²) < 4.78 is 4.90. The second-order valence-corrected chi connectivity index (χ2v) is 5.29. The Labute approximate surface area is 139 Å². The molecule has 0 saturated heterocycles. The number of aliphatic carboxylic acids is 1. The van der Waals surface area contributed by atoms with Crippen LogP contribution >= 0.6 is 0 Å². The first-order valence-corrected chi connectivity index (χ1v) is 7.72. The summed E-state index contributed by atoms with van der Waals surface area (Å²) in [4.78, 5) is 26.9. The van der Waals surface area contributed by atoms with Crippen molar-refractivity contribution >= 4 is 18.0 Å². The van der Waals surface area contributed by atoms with E-state index in [2.05, 4.69) is 20.8 Å². The molecule has 0 aliphatic rings. The van der Waals surface area contributed by atoms with Gasteiger partial charge in [-0.2, -0.15) is 4.98 Å². The molecule has 1 aromatic carbocycles. The molecule has 3 N–H and O–H groups in total. The van der Waals surface area contributed by atoms with Gasteiger partial charge in [0.1, 0.15) is 0 Å². The molecular formula is C16H20N4O4. The van der Waals surface area contributed by atoms with Crippen molar-refractivity contribution in [3.8, 4) is 0 Å². The minimum absolute atomic E-state index is 0.0149. The van der Waals surface area contributed by atoms with Gasteiger partial charge in [-0.1, -0.05) is 42.4 Å². The fourth-order valence-electron chi connectivity index (χ4n) is 2.19. The third kappa shape index (κ3) is 5.71. The maximum absolute atomic E-state index is 12.1. The number of carboxylic acid groups (broad SMARTS) is 1. The number of aryl methyl sites for hydroxylation is 1. The topological polar surface area (TPSA) is 117 Å². The van der Waals surface area contributed by atoms with Crippen LogP contribution in [0.15, 0.2) is 34.9 Å². The molecule has 0 fully saturated rings. The number of nitrogens with zero attached hydrogens (tertiary/aromatic N) is 2. The van der Waals surface area contributed by atoms with Crippen LogP contribution < -0.4 is 10.6 Å². The molecule has 0 saturated carbocycles. The maximum Gasteiger partial charge on any atom is 0.329 e. The lowest BCUT2D eigenvalue weighted by molar-refractivity contribution is -0.137. The molecule has 1 aromatic heterocycles. The lowest BCUT2D eigenvalue weighted by Gasteiger charge is -2.18. The molecule has 128 valence electrons. The molecule has 2 rings (SSSR count). The van der Waals surface area contributed by atoms with Crippen molar-refractivity contribution in [1.82, 2.24) is 15.5 Å². The standard InChI is InChI=1S/C16H20N4O4/c1-2-13-18-16(24-20-13)19-15(23)17-12(8-9-14(21)22)10-11-6-4-3-5-7-11/h3-7,12H,2,8-10H2,1H3,(H,21,22)(H2,17,18,19,20,23). The van der Waals surface area contributed by atoms with E-state index in [1.165, 1.54) is 0 Å². The van der Waals surface area contributed by atoms with Gasteiger partial charge in [-0.3, -0.25) is 10.1 Å². The Morgan fingerprint density at radius 1 is 1.29 bits per heavy atom. The summed E-state index contributed by atoms with van der Waals surface area (Å²) in [6, 6.07) is 8.74. The molecule has 0 bridgehead atoms. The zero-order valence-electron chi connectivity index (χ0n) is 13.4. The highest BCUT2D eigenvalue weighted by Crippen LogP contribution is 2.09. The Balaban J connectivity index is 1.95. The van der Waals surface area contributed by atoms with Gasteiger partial charge in [0.15, 0.2) is 5.82 Å². The molecule has 8 heteroatoms. The number of rotatable bonds is 8. The molecule has 0 aliphatic heterocycles. The second kappa shape index (κ2) is 8.66. The first kappa shape index (κ1) is 17.5. The first-order valence-electron chi connectivity index (χ1n) is 7.72. The van der Waals surface area contributed by atoms with Crippen LogP contribution in [0.3, 0.4) is 0 Å². The Kier molecular flexibility index (Phi) is 6.30. The first-order chi connectivity index (χ1) is 11.6. The zero-order chi connectivity index (χ0) is 17.4. The maximum atomic E-state index is 12.1. The van der Waals surface area contributed by atoms with E-state index in [0.29, 0.717) is 25.1 Å². The summed E-state index contributed by atoms with van der Waals surface area (Å²) >= 11 is 0. The Morgan fingerprint density at radius 3 is 2.67 bits per heavy atom. The highest BCUT2D eigenvalue weighted by Gasteiger charge is 2.16. The highest BCUT2D eigenvalue weighted by atomic mass is 16.5. The monoisotopic (exact) mass is 332 g/mol. The number of hydrogen-bond donors (Lipinski definition) is 3. The quantitative estimate of drug-likeness (QED) is 0.682. The zero-order valence-corrected chi connectivity index (χ0v) is 13.4. The lowest BCUT2D eigenvalue weighted by Crippen LogP contribution is -2.39. The van der Waals surface area contributed by atoms with Crippen molar-refractivity contribution < 1.29 is 19.2 Å². The van der Waals surface area contributed by atoms with Crippen molar-refractivity contribution in [3.05, 3.63) is 41.7 Å². The van der Waals surface area contributed by atoms with E-state index in [1.807, 2.05) is 37.3 Å². The van der Waals surface area contributed by atoms with Gasteiger partial charge in [0, 0.05) is 18.9 Å². The van der Waals surface area contributed by atoms with Crippen molar-refractivity contribution in [2.24, 2.45) is 0 Å². The van der Waals surface area contributed by atoms with Gasteiger partial charge in [0.25, 0.3) is 0 Å². The van der Waals surface area contributed by atoms with E-state index in [0.717, 1.165) is 5.56 Å². The summed E-state index contributed by atoms with van der Waals surface area (Å²) in [6.45, 7) is 1.87. The third-order valence-corrected chi connectivity index (χ3v) is 3.37. The van der Waals surface area contributed by atoms with Gasteiger partial charge < -0.3 is 14.9 Å². The van der Waals surface area contributed by atoms with E-state index < -0.39 is 12.0 Å². The van der Waals surface area contributed by atoms with Crippen LogP contribution in [-0.2, 0) is 17.6 Å². The van der Waals surface area contributed by atoms with Crippen LogP contribution in [0.25, 0.3) is 0 Å². The van der Waals surface area contributed by atoms with Crippen molar-refractivity contribution in [1.29, 1.82) is 0 Å². The number of anilines is 1. The van der Waals surface area contributed by atoms with E-state index >= 15 is 0 Å². The fraction of sp³-hybridized carbons (Fsp3) is 0.375. The van der Waals surface area contributed by atoms with Crippen molar-refractivity contribution in [3.63, 3.8) is 0 Å². The van der Waals surface area contributed by atoms with Gasteiger partial charge in [-0.15, -0.1) is 0 Å². The normalized spacial score (nSPS) is 11.7. The number of hydrogen-bond acceptors (Lipinski definition) is 5. The molecule has 1 atom stereocenters. The number of benzene rings is 1. The van der Waals surface area contributed by atoms with Crippen LogP contribution in [0.2, 0.25) is 0 Å². The number of urea groups is 1. The fourth-order valence-corrected chi connectivity index (χ4v) is 2.19. The van der Waals surface area contributed by atoms with Gasteiger partial charge in [-0.25, -0.2) is 4.79 Å². The molecular weight excluding hydrogens is 312 g/mol. The minimum Gasteiger partial charge on any atom is -0.481 e. The Morgan fingerprint density at radius 2 is 2.04 bits per heavy atom. The second-order valence-electron chi connectivity index (χ2n) is 5.29. The molecule has 1 unspecified atom stereocenters. The molecule has 0 aliphatic carbocycles. The summed E-state index contributed by atoms with van der Waals surface area (Å²) in [7, 11) is 0. The van der Waals surface area contributed by atoms with E-state index in [4.69, 9.17) is 9.63 Å². The predicted molar refractivity (Wildman–Crippen MR) is 86.6 cm³/mol. The minimum atomic E-state index is -0.903. The highest BCUT2D eigenvalue weighted by molar-refractivity contribution is 5.87. The number of nitrogens with one attached hydrogen (secondary N) is 2. The smallest absolute Gasteiger partial charge is 0.329 e. The van der Waals surface area contributed by atoms with Gasteiger partial charge in [0.05, 0.1) is 0 Å².